The lowest BCUT2D eigenvalue weighted by Crippen LogP contribution is -2.59. The molecule has 9 N–H and O–H groups in total. The molecule has 0 aliphatic heterocycles. The Balaban J connectivity index is 1.72. The highest BCUT2D eigenvalue weighted by Crippen LogP contribution is 2.19. The van der Waals surface area contributed by atoms with E-state index in [1.807, 2.05) is 37.3 Å². The maximum absolute atomic E-state index is 13.4. The van der Waals surface area contributed by atoms with Crippen LogP contribution in [0.25, 0.3) is 10.9 Å². The molecule has 3 aromatic rings. The lowest BCUT2D eigenvalue weighted by atomic mass is 9.96. The van der Waals surface area contributed by atoms with E-state index in [0.29, 0.717) is 12.0 Å². The van der Waals surface area contributed by atoms with E-state index in [2.05, 4.69) is 20.9 Å². The van der Waals surface area contributed by atoms with E-state index in [0.717, 1.165) is 16.5 Å². The van der Waals surface area contributed by atoms with Crippen LogP contribution in [0.5, 0.6) is 0 Å². The Bertz CT molecular complexity index is 1410. The first-order chi connectivity index (χ1) is 20.0. The summed E-state index contributed by atoms with van der Waals surface area (Å²) in [5.41, 5.74) is 13.7. The number of hydrogen-bond donors (Lipinski definition) is 7. The molecule has 12 heteroatoms. The summed E-state index contributed by atoms with van der Waals surface area (Å²) in [6.07, 6.45) is 1.84. The van der Waals surface area contributed by atoms with Gasteiger partial charge in [-0.05, 0) is 29.5 Å². The lowest BCUT2D eigenvalue weighted by molar-refractivity contribution is -0.142. The van der Waals surface area contributed by atoms with Crippen molar-refractivity contribution in [3.05, 3.63) is 71.9 Å². The highest BCUT2D eigenvalue weighted by atomic mass is 16.4. The molecule has 2 aromatic carbocycles. The van der Waals surface area contributed by atoms with Gasteiger partial charge in [-0.15, -0.1) is 0 Å². The van der Waals surface area contributed by atoms with Crippen molar-refractivity contribution in [2.45, 2.75) is 63.7 Å². The van der Waals surface area contributed by atoms with Crippen LogP contribution >= 0.6 is 0 Å². The van der Waals surface area contributed by atoms with Crippen LogP contribution in [0.1, 0.15) is 37.8 Å². The number of nitrogens with one attached hydrogen (secondary N) is 4. The molecule has 0 saturated carbocycles. The van der Waals surface area contributed by atoms with E-state index in [-0.39, 0.29) is 12.8 Å². The highest BCUT2D eigenvalue weighted by Gasteiger charge is 2.33. The molecule has 0 aliphatic rings. The SMILES string of the molecule is CCC(C)C(NC(=O)C(CC(N)=O)NC(=O)C(N)Cc1ccccc1)C(=O)NC(Cc1c[nH]c2ccccc12)C(=O)O. The lowest BCUT2D eigenvalue weighted by Gasteiger charge is -2.28. The fraction of sp³-hybridized carbons (Fsp3) is 0.367. The Morgan fingerprint density at radius 3 is 2.14 bits per heavy atom. The maximum atomic E-state index is 13.4. The van der Waals surface area contributed by atoms with Crippen LogP contribution in [0.3, 0.4) is 0 Å². The van der Waals surface area contributed by atoms with Gasteiger partial charge in [0.15, 0.2) is 0 Å². The second-order valence-corrected chi connectivity index (χ2v) is 10.4. The number of carbonyl (C=O) groups excluding carboxylic acids is 4. The average molecular weight is 579 g/mol. The monoisotopic (exact) mass is 578 g/mol. The standard InChI is InChI=1S/C30H38N6O6/c1-3-17(2)26(29(40)35-24(30(41)42)14-19-16-33-22-12-8-7-11-20(19)22)36-28(39)23(15-25(32)37)34-27(38)21(31)13-18-9-5-4-6-10-18/h4-12,16-17,21,23-24,26,33H,3,13-15,31H2,1-2H3,(H2,32,37)(H,34,38)(H,35,40)(H,36,39)(H,41,42). The van der Waals surface area contributed by atoms with E-state index in [1.165, 1.54) is 0 Å². The van der Waals surface area contributed by atoms with Crippen LogP contribution < -0.4 is 27.4 Å². The summed E-state index contributed by atoms with van der Waals surface area (Å²) in [7, 11) is 0. The molecule has 0 fully saturated rings. The number of amides is 4. The van der Waals surface area contributed by atoms with Gasteiger partial charge in [0.1, 0.15) is 18.1 Å². The molecule has 224 valence electrons. The van der Waals surface area contributed by atoms with Crippen LogP contribution in [0.4, 0.5) is 0 Å². The van der Waals surface area contributed by atoms with E-state index in [9.17, 15) is 29.1 Å². The largest absolute Gasteiger partial charge is 0.480 e. The number of carboxylic acid groups (broad SMARTS) is 1. The van der Waals surface area contributed by atoms with Gasteiger partial charge in [-0.3, -0.25) is 19.2 Å². The molecular formula is C30H38N6O6. The maximum Gasteiger partial charge on any atom is 0.326 e. The fourth-order valence-electron chi connectivity index (χ4n) is 4.59. The fourth-order valence-corrected chi connectivity index (χ4v) is 4.59. The minimum Gasteiger partial charge on any atom is -0.480 e. The Morgan fingerprint density at radius 2 is 1.50 bits per heavy atom. The van der Waals surface area contributed by atoms with Crippen molar-refractivity contribution in [2.75, 3.05) is 0 Å². The van der Waals surface area contributed by atoms with E-state index in [1.54, 1.807) is 37.4 Å². The van der Waals surface area contributed by atoms with Gasteiger partial charge in [-0.1, -0.05) is 68.8 Å². The Labute approximate surface area is 243 Å². The Morgan fingerprint density at radius 1 is 0.857 bits per heavy atom. The zero-order valence-corrected chi connectivity index (χ0v) is 23.6. The van der Waals surface area contributed by atoms with Gasteiger partial charge in [-0.2, -0.15) is 0 Å². The summed E-state index contributed by atoms with van der Waals surface area (Å²) >= 11 is 0. The van der Waals surface area contributed by atoms with Gasteiger partial charge in [0.25, 0.3) is 0 Å². The number of aromatic nitrogens is 1. The van der Waals surface area contributed by atoms with E-state index in [4.69, 9.17) is 11.5 Å². The number of rotatable bonds is 15. The number of para-hydroxylation sites is 1. The second kappa shape index (κ2) is 14.8. The van der Waals surface area contributed by atoms with Crippen LogP contribution in [-0.4, -0.2) is 63.9 Å². The minimum atomic E-state index is -1.39. The van der Waals surface area contributed by atoms with Gasteiger partial charge in [0, 0.05) is 23.5 Å². The molecule has 42 heavy (non-hydrogen) atoms. The molecule has 1 aromatic heterocycles. The van der Waals surface area contributed by atoms with Gasteiger partial charge in [0.05, 0.1) is 12.5 Å². The Kier molecular flexibility index (Phi) is 11.2. The quantitative estimate of drug-likeness (QED) is 0.137. The molecule has 5 unspecified atom stereocenters. The summed E-state index contributed by atoms with van der Waals surface area (Å²) in [6.45, 7) is 3.53. The van der Waals surface area contributed by atoms with E-state index >= 15 is 0 Å². The van der Waals surface area contributed by atoms with Gasteiger partial charge in [0.2, 0.25) is 23.6 Å². The predicted octanol–water partition coefficient (Wildman–Crippen LogP) is 0.741. The van der Waals surface area contributed by atoms with Crippen LogP contribution in [0.15, 0.2) is 60.8 Å². The average Bonchev–Trinajstić information content (AvgIpc) is 3.37. The normalized spacial score (nSPS) is 14.6. The second-order valence-electron chi connectivity index (χ2n) is 10.4. The first kappa shape index (κ1) is 31.8. The number of aliphatic carboxylic acids is 1. The number of primary amides is 1. The molecule has 3 rings (SSSR count). The molecular weight excluding hydrogens is 540 g/mol. The van der Waals surface area contributed by atoms with Gasteiger partial charge < -0.3 is 37.5 Å². The molecule has 0 bridgehead atoms. The predicted molar refractivity (Wildman–Crippen MR) is 157 cm³/mol. The van der Waals surface area contributed by atoms with Gasteiger partial charge in [-0.25, -0.2) is 4.79 Å². The van der Waals surface area contributed by atoms with Crippen LogP contribution in [0.2, 0.25) is 0 Å². The zero-order chi connectivity index (χ0) is 30.8. The summed E-state index contributed by atoms with van der Waals surface area (Å²) in [5, 5.41) is 18.3. The number of benzene rings is 2. The highest BCUT2D eigenvalue weighted by molar-refractivity contribution is 5.96. The third kappa shape index (κ3) is 8.64. The molecule has 4 amide bonds. The van der Waals surface area contributed by atoms with Crippen LogP contribution in [-0.2, 0) is 36.8 Å². The van der Waals surface area contributed by atoms with Crippen molar-refractivity contribution >= 4 is 40.5 Å². The van der Waals surface area contributed by atoms with Crippen molar-refractivity contribution in [1.82, 2.24) is 20.9 Å². The molecule has 12 nitrogen and oxygen atoms in total. The van der Waals surface area contributed by atoms with Crippen molar-refractivity contribution in [3.63, 3.8) is 0 Å². The third-order valence-electron chi connectivity index (χ3n) is 7.18. The summed E-state index contributed by atoms with van der Waals surface area (Å²) in [4.78, 5) is 66.4. The minimum absolute atomic E-state index is 0.00587. The third-order valence-corrected chi connectivity index (χ3v) is 7.18. The van der Waals surface area contributed by atoms with E-state index < -0.39 is 66.1 Å². The number of carboxylic acids is 1. The molecule has 0 saturated heterocycles. The van der Waals surface area contributed by atoms with Gasteiger partial charge >= 0.3 is 5.97 Å². The number of hydrogen-bond acceptors (Lipinski definition) is 6. The molecule has 0 aliphatic carbocycles. The molecule has 5 atom stereocenters. The topological polar surface area (TPSA) is 209 Å². The Hall–Kier alpha value is -4.71. The van der Waals surface area contributed by atoms with Crippen molar-refractivity contribution in [3.8, 4) is 0 Å². The number of carbonyl (C=O) groups is 5. The summed E-state index contributed by atoms with van der Waals surface area (Å²) in [5.74, 6) is -4.71. The number of nitrogens with two attached hydrogens (primary N) is 2. The molecule has 1 heterocycles. The zero-order valence-electron chi connectivity index (χ0n) is 23.6. The number of aromatic amines is 1. The molecule has 0 spiro atoms. The summed E-state index contributed by atoms with van der Waals surface area (Å²) < 4.78 is 0. The van der Waals surface area contributed by atoms with Crippen LogP contribution in [0, 0.1) is 5.92 Å². The van der Waals surface area contributed by atoms with Crippen molar-refractivity contribution in [1.29, 1.82) is 0 Å². The smallest absolute Gasteiger partial charge is 0.326 e. The van der Waals surface area contributed by atoms with Crippen molar-refractivity contribution < 1.29 is 29.1 Å². The first-order valence-electron chi connectivity index (χ1n) is 13.8. The van der Waals surface area contributed by atoms with Crippen molar-refractivity contribution in [2.24, 2.45) is 17.4 Å². The first-order valence-corrected chi connectivity index (χ1v) is 13.8. The number of H-pyrrole nitrogens is 1. The molecule has 0 radical (unpaired) electrons. The summed E-state index contributed by atoms with van der Waals surface area (Å²) in [6, 6.07) is 11.6. The number of fused-ring (bicyclic) bond motifs is 1.